The van der Waals surface area contributed by atoms with Crippen molar-refractivity contribution in [2.24, 2.45) is 0 Å². The fourth-order valence-electron chi connectivity index (χ4n) is 3.27. The lowest BCUT2D eigenvalue weighted by molar-refractivity contribution is -0.907. The normalized spacial score (nSPS) is 12.2. The first-order chi connectivity index (χ1) is 13.3. The second kappa shape index (κ2) is 10.3. The third-order valence-electron chi connectivity index (χ3n) is 4.75. The topological polar surface area (TPSA) is 13.7 Å². The van der Waals surface area contributed by atoms with Crippen molar-refractivity contribution < 1.29 is 9.64 Å². The average Bonchev–Trinajstić information content (AvgIpc) is 2.73. The first-order valence-corrected chi connectivity index (χ1v) is 9.56. The molecule has 2 nitrogen and oxygen atoms in total. The summed E-state index contributed by atoms with van der Waals surface area (Å²) in [4.78, 5) is 1.55. The van der Waals surface area contributed by atoms with E-state index in [1.807, 2.05) is 18.2 Å². The molecule has 2 heteroatoms. The highest BCUT2D eigenvalue weighted by atomic mass is 16.5. The zero-order valence-corrected chi connectivity index (χ0v) is 16.0. The predicted molar refractivity (Wildman–Crippen MR) is 113 cm³/mol. The summed E-state index contributed by atoms with van der Waals surface area (Å²) in [5, 5.41) is 0. The molecule has 1 N–H and O–H groups in total. The molecule has 3 aromatic rings. The van der Waals surface area contributed by atoms with Crippen molar-refractivity contribution in [1.29, 1.82) is 0 Å². The Kier molecular flexibility index (Phi) is 7.25. The minimum atomic E-state index is 0.919. The van der Waals surface area contributed by atoms with Crippen molar-refractivity contribution >= 4 is 6.08 Å². The molecule has 0 aliphatic rings. The molecule has 1 atom stereocenters. The minimum Gasteiger partial charge on any atom is -0.496 e. The molecule has 0 aromatic heterocycles. The van der Waals surface area contributed by atoms with Crippen molar-refractivity contribution in [1.82, 2.24) is 0 Å². The monoisotopic (exact) mass is 358 g/mol. The Balaban J connectivity index is 1.66. The molecule has 0 saturated carbocycles. The van der Waals surface area contributed by atoms with E-state index in [4.69, 9.17) is 4.74 Å². The second-order valence-electron chi connectivity index (χ2n) is 6.75. The third kappa shape index (κ3) is 6.12. The molecule has 3 rings (SSSR count). The van der Waals surface area contributed by atoms with Crippen LogP contribution in [0.25, 0.3) is 6.08 Å². The fraction of sp³-hybridized carbons (Fsp3) is 0.200. The summed E-state index contributed by atoms with van der Waals surface area (Å²) >= 11 is 0. The Hall–Kier alpha value is -2.84. The number of hydrogen-bond acceptors (Lipinski definition) is 1. The van der Waals surface area contributed by atoms with Crippen molar-refractivity contribution in [3.63, 3.8) is 0 Å². The standard InChI is InChI=1S/C25H27NO/c1-27-25-17-9-8-15-24(25)16-10-19-26(21-23-13-6-3-7-14-23)20-18-22-11-4-2-5-12-22/h2-17H,18-21H2,1H3/p+1/b16-10+. The quantitative estimate of drug-likeness (QED) is 0.610. The second-order valence-corrected chi connectivity index (χ2v) is 6.75. The molecule has 0 fully saturated rings. The van der Waals surface area contributed by atoms with Gasteiger partial charge in [0.05, 0.1) is 20.2 Å². The molecule has 0 bridgehead atoms. The zero-order chi connectivity index (χ0) is 18.7. The van der Waals surface area contributed by atoms with Crippen molar-refractivity contribution in [3.8, 4) is 5.75 Å². The first-order valence-electron chi connectivity index (χ1n) is 9.56. The molecule has 3 aromatic carbocycles. The van der Waals surface area contributed by atoms with E-state index in [0.29, 0.717) is 0 Å². The minimum absolute atomic E-state index is 0.919. The van der Waals surface area contributed by atoms with Gasteiger partial charge in [-0.25, -0.2) is 0 Å². The van der Waals surface area contributed by atoms with Crippen LogP contribution in [-0.2, 0) is 13.0 Å². The van der Waals surface area contributed by atoms with E-state index in [1.165, 1.54) is 11.1 Å². The molecule has 0 amide bonds. The van der Waals surface area contributed by atoms with Gasteiger partial charge in [-0.3, -0.25) is 0 Å². The van der Waals surface area contributed by atoms with Crippen LogP contribution in [-0.4, -0.2) is 20.2 Å². The lowest BCUT2D eigenvalue weighted by Gasteiger charge is -2.18. The van der Waals surface area contributed by atoms with E-state index in [0.717, 1.165) is 37.4 Å². The van der Waals surface area contributed by atoms with Gasteiger partial charge in [-0.15, -0.1) is 0 Å². The highest BCUT2D eigenvalue weighted by Gasteiger charge is 2.08. The van der Waals surface area contributed by atoms with Crippen molar-refractivity contribution in [3.05, 3.63) is 108 Å². The Labute approximate surface area is 162 Å². The molecule has 138 valence electrons. The summed E-state index contributed by atoms with van der Waals surface area (Å²) in [6.07, 6.45) is 5.53. The van der Waals surface area contributed by atoms with Crippen molar-refractivity contribution in [2.75, 3.05) is 20.2 Å². The summed E-state index contributed by atoms with van der Waals surface area (Å²) < 4.78 is 5.45. The summed E-state index contributed by atoms with van der Waals surface area (Å²) in [5.41, 5.74) is 3.91. The molecular formula is C25H28NO+. The van der Waals surface area contributed by atoms with Crippen LogP contribution in [0, 0.1) is 0 Å². The summed E-state index contributed by atoms with van der Waals surface area (Å²) in [6.45, 7) is 3.12. The van der Waals surface area contributed by atoms with Gasteiger partial charge in [0.25, 0.3) is 0 Å². The van der Waals surface area contributed by atoms with Crippen LogP contribution in [0.4, 0.5) is 0 Å². The van der Waals surface area contributed by atoms with Crippen LogP contribution in [0.3, 0.4) is 0 Å². The number of methoxy groups -OCH3 is 1. The van der Waals surface area contributed by atoms with Gasteiger partial charge in [0.15, 0.2) is 0 Å². The number of hydrogen-bond donors (Lipinski definition) is 1. The van der Waals surface area contributed by atoms with Gasteiger partial charge >= 0.3 is 0 Å². The van der Waals surface area contributed by atoms with Crippen LogP contribution in [0.1, 0.15) is 16.7 Å². The van der Waals surface area contributed by atoms with E-state index in [-0.39, 0.29) is 0 Å². The van der Waals surface area contributed by atoms with E-state index >= 15 is 0 Å². The van der Waals surface area contributed by atoms with Gasteiger partial charge in [-0.05, 0) is 23.8 Å². The molecule has 27 heavy (non-hydrogen) atoms. The molecule has 0 spiro atoms. The van der Waals surface area contributed by atoms with Crippen LogP contribution in [0.15, 0.2) is 91.0 Å². The molecule has 1 unspecified atom stereocenters. The highest BCUT2D eigenvalue weighted by molar-refractivity contribution is 5.57. The molecule has 0 aliphatic heterocycles. The van der Waals surface area contributed by atoms with E-state index in [9.17, 15) is 0 Å². The Morgan fingerprint density at radius 2 is 1.41 bits per heavy atom. The number of ether oxygens (including phenoxy) is 1. The summed E-state index contributed by atoms with van der Waals surface area (Å²) in [6, 6.07) is 29.6. The molecule has 0 saturated heterocycles. The first kappa shape index (κ1) is 18.9. The third-order valence-corrected chi connectivity index (χ3v) is 4.75. The lowest BCUT2D eigenvalue weighted by atomic mass is 10.1. The van der Waals surface area contributed by atoms with Gasteiger partial charge in [0.1, 0.15) is 12.3 Å². The Bertz CT molecular complexity index is 827. The average molecular weight is 359 g/mol. The van der Waals surface area contributed by atoms with Crippen LogP contribution in [0.2, 0.25) is 0 Å². The molecular weight excluding hydrogens is 330 g/mol. The molecule has 0 aliphatic carbocycles. The van der Waals surface area contributed by atoms with E-state index in [2.05, 4.69) is 78.9 Å². The van der Waals surface area contributed by atoms with Gasteiger partial charge in [-0.2, -0.15) is 0 Å². The maximum atomic E-state index is 5.45. The van der Waals surface area contributed by atoms with Gasteiger partial charge in [-0.1, -0.05) is 78.9 Å². The maximum absolute atomic E-state index is 5.45. The number of benzene rings is 3. The predicted octanol–water partition coefficient (Wildman–Crippen LogP) is 4.04. The van der Waals surface area contributed by atoms with E-state index < -0.39 is 0 Å². The fourth-order valence-corrected chi connectivity index (χ4v) is 3.27. The smallest absolute Gasteiger partial charge is 0.126 e. The number of quaternary nitrogens is 1. The van der Waals surface area contributed by atoms with Gasteiger partial charge in [0.2, 0.25) is 0 Å². The Morgan fingerprint density at radius 3 is 2.11 bits per heavy atom. The number of rotatable bonds is 9. The highest BCUT2D eigenvalue weighted by Crippen LogP contribution is 2.18. The van der Waals surface area contributed by atoms with E-state index in [1.54, 1.807) is 12.0 Å². The Morgan fingerprint density at radius 1 is 0.778 bits per heavy atom. The number of para-hydroxylation sites is 1. The number of nitrogens with one attached hydrogen (secondary N) is 1. The zero-order valence-electron chi connectivity index (χ0n) is 16.0. The summed E-state index contributed by atoms with van der Waals surface area (Å²) in [7, 11) is 1.72. The van der Waals surface area contributed by atoms with Crippen LogP contribution < -0.4 is 9.64 Å². The van der Waals surface area contributed by atoms with Gasteiger partial charge in [0, 0.05) is 17.5 Å². The van der Waals surface area contributed by atoms with Crippen LogP contribution in [0.5, 0.6) is 5.75 Å². The largest absolute Gasteiger partial charge is 0.496 e. The maximum Gasteiger partial charge on any atom is 0.126 e. The summed E-state index contributed by atoms with van der Waals surface area (Å²) in [5.74, 6) is 0.919. The molecule has 0 radical (unpaired) electrons. The SMILES string of the molecule is COc1ccccc1/C=C/C[NH+](CCc1ccccc1)Cc1ccccc1. The van der Waals surface area contributed by atoms with Crippen LogP contribution >= 0.6 is 0 Å². The molecule has 0 heterocycles. The van der Waals surface area contributed by atoms with Crippen molar-refractivity contribution in [2.45, 2.75) is 13.0 Å². The van der Waals surface area contributed by atoms with Gasteiger partial charge < -0.3 is 9.64 Å². The lowest BCUT2D eigenvalue weighted by Crippen LogP contribution is -3.10.